The van der Waals surface area contributed by atoms with E-state index in [1.165, 1.54) is 0 Å². The fraction of sp³-hybridized carbons (Fsp3) is 0.417. The van der Waals surface area contributed by atoms with Crippen molar-refractivity contribution < 1.29 is 0 Å². The summed E-state index contributed by atoms with van der Waals surface area (Å²) in [6.07, 6.45) is 1.78. The fourth-order valence-electron chi connectivity index (χ4n) is 1.75. The number of nitrogens with zero attached hydrogens (tertiary/aromatic N) is 3. The third kappa shape index (κ3) is 2.44. The quantitative estimate of drug-likeness (QED) is 0.849. The molecule has 5 heteroatoms. The summed E-state index contributed by atoms with van der Waals surface area (Å²) >= 11 is 5.25. The van der Waals surface area contributed by atoms with Gasteiger partial charge in [0, 0.05) is 12.7 Å². The molecule has 0 bridgehead atoms. The SMILES string of the molecule is Cc1cccnc1-c1n[nH]c(=S)n1CC(C)C. The number of H-pyrrole nitrogens is 1. The van der Waals surface area contributed by atoms with Crippen molar-refractivity contribution >= 4 is 12.2 Å². The maximum Gasteiger partial charge on any atom is 0.195 e. The van der Waals surface area contributed by atoms with Gasteiger partial charge in [-0.2, -0.15) is 5.10 Å². The number of nitrogens with one attached hydrogen (secondary N) is 1. The zero-order valence-corrected chi connectivity index (χ0v) is 11.1. The molecule has 2 rings (SSSR count). The van der Waals surface area contributed by atoms with Gasteiger partial charge in [-0.15, -0.1) is 0 Å². The second-order valence-corrected chi connectivity index (χ2v) is 4.91. The van der Waals surface area contributed by atoms with Crippen LogP contribution in [0.5, 0.6) is 0 Å². The molecule has 0 aromatic carbocycles. The van der Waals surface area contributed by atoms with Gasteiger partial charge in [0.2, 0.25) is 0 Å². The Balaban J connectivity index is 2.53. The Hall–Kier alpha value is -1.49. The van der Waals surface area contributed by atoms with Crippen molar-refractivity contribution in [2.45, 2.75) is 27.3 Å². The van der Waals surface area contributed by atoms with Gasteiger partial charge in [0.1, 0.15) is 5.69 Å². The standard InChI is InChI=1S/C12H16N4S/c1-8(2)7-16-11(14-15-12(16)17)10-9(3)5-4-6-13-10/h4-6,8H,7H2,1-3H3,(H,15,17). The van der Waals surface area contributed by atoms with Crippen LogP contribution < -0.4 is 0 Å². The van der Waals surface area contributed by atoms with Crippen LogP contribution in [0, 0.1) is 17.6 Å². The van der Waals surface area contributed by atoms with Gasteiger partial charge in [-0.1, -0.05) is 19.9 Å². The third-order valence-corrected chi connectivity index (χ3v) is 2.84. The summed E-state index contributed by atoms with van der Waals surface area (Å²) in [5, 5.41) is 7.13. The Kier molecular flexibility index (Phi) is 3.38. The van der Waals surface area contributed by atoms with Crippen LogP contribution in [0.15, 0.2) is 18.3 Å². The lowest BCUT2D eigenvalue weighted by Crippen LogP contribution is -2.07. The van der Waals surface area contributed by atoms with Crippen LogP contribution in [-0.4, -0.2) is 19.7 Å². The first-order valence-corrected chi connectivity index (χ1v) is 6.07. The number of aromatic nitrogens is 4. The molecule has 0 saturated heterocycles. The number of hydrogen-bond donors (Lipinski definition) is 1. The fourth-order valence-corrected chi connectivity index (χ4v) is 1.96. The van der Waals surface area contributed by atoms with Gasteiger partial charge in [-0.3, -0.25) is 14.6 Å². The summed E-state index contributed by atoms with van der Waals surface area (Å²) in [6, 6.07) is 3.95. The van der Waals surface area contributed by atoms with Crippen LogP contribution in [0.3, 0.4) is 0 Å². The normalized spacial score (nSPS) is 11.1. The minimum absolute atomic E-state index is 0.516. The molecular weight excluding hydrogens is 232 g/mol. The van der Waals surface area contributed by atoms with Crippen LogP contribution in [0.2, 0.25) is 0 Å². The van der Waals surface area contributed by atoms with Gasteiger partial charge in [0.05, 0.1) is 0 Å². The van der Waals surface area contributed by atoms with E-state index >= 15 is 0 Å². The largest absolute Gasteiger partial charge is 0.299 e. The highest BCUT2D eigenvalue weighted by Crippen LogP contribution is 2.19. The number of hydrogen-bond acceptors (Lipinski definition) is 3. The summed E-state index contributed by atoms with van der Waals surface area (Å²) in [5.74, 6) is 1.34. The number of pyridine rings is 1. The molecule has 90 valence electrons. The minimum atomic E-state index is 0.516. The number of aromatic amines is 1. The smallest absolute Gasteiger partial charge is 0.195 e. The zero-order valence-electron chi connectivity index (χ0n) is 10.3. The van der Waals surface area contributed by atoms with E-state index in [-0.39, 0.29) is 0 Å². The third-order valence-electron chi connectivity index (χ3n) is 2.53. The Morgan fingerprint density at radius 1 is 1.47 bits per heavy atom. The highest BCUT2D eigenvalue weighted by molar-refractivity contribution is 7.71. The molecule has 2 aromatic rings. The summed E-state index contributed by atoms with van der Waals surface area (Å²) < 4.78 is 2.66. The molecule has 0 radical (unpaired) electrons. The molecule has 0 aliphatic carbocycles. The predicted molar refractivity (Wildman–Crippen MR) is 70.2 cm³/mol. The molecule has 0 unspecified atom stereocenters. The minimum Gasteiger partial charge on any atom is -0.299 e. The molecule has 0 fully saturated rings. The van der Waals surface area contributed by atoms with Gasteiger partial charge < -0.3 is 0 Å². The van der Waals surface area contributed by atoms with Crippen molar-refractivity contribution in [1.29, 1.82) is 0 Å². The van der Waals surface area contributed by atoms with Crippen LogP contribution in [0.1, 0.15) is 19.4 Å². The summed E-state index contributed by atoms with van der Waals surface area (Å²) in [4.78, 5) is 4.38. The lowest BCUT2D eigenvalue weighted by Gasteiger charge is -2.09. The highest BCUT2D eigenvalue weighted by Gasteiger charge is 2.12. The molecule has 0 aliphatic rings. The predicted octanol–water partition coefficient (Wildman–Crippen LogP) is 2.97. The van der Waals surface area contributed by atoms with E-state index in [4.69, 9.17) is 12.2 Å². The average molecular weight is 248 g/mol. The first-order valence-electron chi connectivity index (χ1n) is 5.66. The molecule has 17 heavy (non-hydrogen) atoms. The lowest BCUT2D eigenvalue weighted by molar-refractivity contribution is 0.521. The topological polar surface area (TPSA) is 46.5 Å². The molecule has 2 heterocycles. The molecule has 0 spiro atoms. The van der Waals surface area contributed by atoms with Crippen molar-refractivity contribution in [2.75, 3.05) is 0 Å². The van der Waals surface area contributed by atoms with Gasteiger partial charge >= 0.3 is 0 Å². The van der Waals surface area contributed by atoms with E-state index < -0.39 is 0 Å². The van der Waals surface area contributed by atoms with Crippen LogP contribution in [0.4, 0.5) is 0 Å². The van der Waals surface area contributed by atoms with E-state index in [0.717, 1.165) is 23.6 Å². The second-order valence-electron chi connectivity index (χ2n) is 4.53. The van der Waals surface area contributed by atoms with Crippen molar-refractivity contribution in [3.8, 4) is 11.5 Å². The molecular formula is C12H16N4S. The Bertz CT molecular complexity index is 568. The Morgan fingerprint density at radius 2 is 2.24 bits per heavy atom. The van der Waals surface area contributed by atoms with E-state index in [9.17, 15) is 0 Å². The molecule has 1 N–H and O–H groups in total. The van der Waals surface area contributed by atoms with E-state index in [1.54, 1.807) is 6.20 Å². The monoisotopic (exact) mass is 248 g/mol. The van der Waals surface area contributed by atoms with Gasteiger partial charge in [0.15, 0.2) is 10.6 Å². The summed E-state index contributed by atoms with van der Waals surface area (Å²) in [5.41, 5.74) is 1.99. The molecule has 0 amide bonds. The van der Waals surface area contributed by atoms with Gasteiger partial charge in [-0.25, -0.2) is 0 Å². The Morgan fingerprint density at radius 3 is 2.88 bits per heavy atom. The Labute approximate surface area is 106 Å². The average Bonchev–Trinajstić information content (AvgIpc) is 2.61. The number of rotatable bonds is 3. The van der Waals surface area contributed by atoms with Crippen molar-refractivity contribution in [3.05, 3.63) is 28.7 Å². The molecule has 0 atom stereocenters. The molecule has 2 aromatic heterocycles. The van der Waals surface area contributed by atoms with Crippen LogP contribution in [-0.2, 0) is 6.54 Å². The highest BCUT2D eigenvalue weighted by atomic mass is 32.1. The maximum absolute atomic E-state index is 5.25. The van der Waals surface area contributed by atoms with Gasteiger partial charge in [0.25, 0.3) is 0 Å². The van der Waals surface area contributed by atoms with E-state index in [1.807, 2.05) is 23.6 Å². The molecule has 0 aliphatic heterocycles. The van der Waals surface area contributed by atoms with Crippen molar-refractivity contribution in [2.24, 2.45) is 5.92 Å². The zero-order chi connectivity index (χ0) is 12.4. The maximum atomic E-state index is 5.25. The van der Waals surface area contributed by atoms with Crippen LogP contribution >= 0.6 is 12.2 Å². The molecule has 0 saturated carbocycles. The van der Waals surface area contributed by atoms with Crippen molar-refractivity contribution in [1.82, 2.24) is 19.7 Å². The lowest BCUT2D eigenvalue weighted by atomic mass is 10.2. The summed E-state index contributed by atoms with van der Waals surface area (Å²) in [7, 11) is 0. The first kappa shape index (κ1) is 12.0. The van der Waals surface area contributed by atoms with E-state index in [2.05, 4.69) is 29.0 Å². The van der Waals surface area contributed by atoms with Crippen molar-refractivity contribution in [3.63, 3.8) is 0 Å². The van der Waals surface area contributed by atoms with E-state index in [0.29, 0.717) is 10.7 Å². The van der Waals surface area contributed by atoms with Crippen LogP contribution in [0.25, 0.3) is 11.5 Å². The summed E-state index contributed by atoms with van der Waals surface area (Å²) in [6.45, 7) is 7.19. The molecule has 4 nitrogen and oxygen atoms in total. The second kappa shape index (κ2) is 4.79. The van der Waals surface area contributed by atoms with Gasteiger partial charge in [-0.05, 0) is 36.7 Å². The first-order chi connectivity index (χ1) is 8.09. The number of aryl methyl sites for hydroxylation is 1.